The van der Waals surface area contributed by atoms with E-state index in [2.05, 4.69) is 46.1 Å². The number of aromatic hydroxyl groups is 1. The fraction of sp³-hybridized carbons (Fsp3) is 0.462. The topological polar surface area (TPSA) is 130 Å². The van der Waals surface area contributed by atoms with E-state index in [1.807, 2.05) is 0 Å². The van der Waals surface area contributed by atoms with E-state index in [9.17, 15) is 20.0 Å². The third-order valence-corrected chi connectivity index (χ3v) is 9.03. The summed E-state index contributed by atoms with van der Waals surface area (Å²) < 4.78 is 6.10. The van der Waals surface area contributed by atoms with Gasteiger partial charge >= 0.3 is 5.97 Å². The van der Waals surface area contributed by atoms with Crippen molar-refractivity contribution in [3.05, 3.63) is 55.5 Å². The van der Waals surface area contributed by atoms with Crippen LogP contribution in [0.25, 0.3) is 11.0 Å². The van der Waals surface area contributed by atoms with Crippen LogP contribution in [0.15, 0.2) is 28.7 Å². The Morgan fingerprint density at radius 2 is 2.14 bits per heavy atom. The second-order valence-corrected chi connectivity index (χ2v) is 11.2. The van der Waals surface area contributed by atoms with E-state index < -0.39 is 10.3 Å². The van der Waals surface area contributed by atoms with Gasteiger partial charge in [-0.15, -0.1) is 0 Å². The SMILES string of the molecule is COC(=O)[C@]1(C)CCC[C@]2(C)c3cc(Br)c4nc(NCc5cc([N+](=O)[O-])ccc5O)[nH]c4c3CC[C@@H]12. The number of methoxy groups -OCH3 is 1. The molecule has 3 atom stereocenters. The molecule has 2 aliphatic rings. The molecule has 1 fully saturated rings. The average Bonchev–Trinajstić information content (AvgIpc) is 3.28. The highest BCUT2D eigenvalue weighted by atomic mass is 79.9. The number of carbonyl (C=O) groups is 1. The number of imidazole rings is 1. The van der Waals surface area contributed by atoms with Crippen molar-refractivity contribution in [2.75, 3.05) is 12.4 Å². The second kappa shape index (κ2) is 8.76. The highest BCUT2D eigenvalue weighted by molar-refractivity contribution is 9.10. The minimum Gasteiger partial charge on any atom is -0.508 e. The van der Waals surface area contributed by atoms with Crippen LogP contribution in [0.1, 0.15) is 56.2 Å². The van der Waals surface area contributed by atoms with Crippen molar-refractivity contribution < 1.29 is 19.6 Å². The number of nitrogens with one attached hydrogen (secondary N) is 2. The zero-order chi connectivity index (χ0) is 25.8. The molecule has 0 spiro atoms. The molecule has 10 heteroatoms. The van der Waals surface area contributed by atoms with Crippen molar-refractivity contribution in [1.82, 2.24) is 9.97 Å². The van der Waals surface area contributed by atoms with E-state index in [-0.39, 0.29) is 35.3 Å². The van der Waals surface area contributed by atoms with Crippen LogP contribution in [-0.4, -0.2) is 33.1 Å². The van der Waals surface area contributed by atoms with Crippen LogP contribution in [0.5, 0.6) is 5.75 Å². The number of esters is 1. The van der Waals surface area contributed by atoms with E-state index in [4.69, 9.17) is 9.72 Å². The first-order valence-electron chi connectivity index (χ1n) is 12.1. The number of H-pyrrole nitrogens is 1. The quantitative estimate of drug-likeness (QED) is 0.207. The van der Waals surface area contributed by atoms with Gasteiger partial charge in [-0.05, 0) is 83.1 Å². The van der Waals surface area contributed by atoms with Crippen LogP contribution in [0.3, 0.4) is 0 Å². The van der Waals surface area contributed by atoms with Crippen LogP contribution in [-0.2, 0) is 27.9 Å². The minimum absolute atomic E-state index is 0.0207. The molecule has 0 amide bonds. The van der Waals surface area contributed by atoms with Crippen LogP contribution in [0.2, 0.25) is 0 Å². The van der Waals surface area contributed by atoms with Gasteiger partial charge in [-0.3, -0.25) is 14.9 Å². The molecule has 3 aromatic rings. The minimum atomic E-state index is -0.512. The van der Waals surface area contributed by atoms with Gasteiger partial charge in [0.2, 0.25) is 5.95 Å². The van der Waals surface area contributed by atoms with E-state index >= 15 is 0 Å². The highest BCUT2D eigenvalue weighted by Crippen LogP contribution is 2.58. The van der Waals surface area contributed by atoms with Gasteiger partial charge in [0.1, 0.15) is 11.3 Å². The molecule has 3 N–H and O–H groups in total. The molecule has 2 aromatic carbocycles. The van der Waals surface area contributed by atoms with Crippen LogP contribution >= 0.6 is 15.9 Å². The van der Waals surface area contributed by atoms with Gasteiger partial charge < -0.3 is 20.1 Å². The number of ether oxygens (including phenoxy) is 1. The molecule has 9 nitrogen and oxygen atoms in total. The Kier molecular flexibility index (Phi) is 5.97. The molecule has 0 aliphatic heterocycles. The number of hydrogen-bond donors (Lipinski definition) is 3. The predicted molar refractivity (Wildman–Crippen MR) is 139 cm³/mol. The number of halogens is 1. The van der Waals surface area contributed by atoms with E-state index in [1.54, 1.807) is 0 Å². The Morgan fingerprint density at radius 3 is 2.86 bits per heavy atom. The van der Waals surface area contributed by atoms with E-state index in [1.165, 1.54) is 36.4 Å². The summed E-state index contributed by atoms with van der Waals surface area (Å²) in [5, 5.41) is 24.4. The van der Waals surface area contributed by atoms with Crippen molar-refractivity contribution in [2.24, 2.45) is 11.3 Å². The Balaban J connectivity index is 1.50. The maximum absolute atomic E-state index is 12.8. The Hall–Kier alpha value is -3.14. The number of aryl methyl sites for hydroxylation is 1. The van der Waals surface area contributed by atoms with Gasteiger partial charge in [-0.2, -0.15) is 0 Å². The summed E-state index contributed by atoms with van der Waals surface area (Å²) >= 11 is 3.72. The standard InChI is InChI=1S/C26H29BrN4O5/c1-25-9-4-10-26(2,23(33)36-3)20(25)8-6-16-17(25)12-18(27)22-21(16)29-24(30-22)28-13-14-11-15(31(34)35)5-7-19(14)32/h5,7,11-12,20,32H,4,6,8-10,13H2,1-3H3,(H2,28,29,30)/t20-,25-,26-/m1/s1. The maximum Gasteiger partial charge on any atom is 0.311 e. The molecule has 5 rings (SSSR count). The van der Waals surface area contributed by atoms with E-state index in [0.717, 1.165) is 47.6 Å². The Bertz CT molecular complexity index is 1390. The lowest BCUT2D eigenvalue weighted by molar-refractivity contribution is -0.384. The van der Waals surface area contributed by atoms with Gasteiger partial charge in [0.25, 0.3) is 5.69 Å². The van der Waals surface area contributed by atoms with Crippen molar-refractivity contribution in [2.45, 2.75) is 57.9 Å². The number of fused-ring (bicyclic) bond motifs is 5. The summed E-state index contributed by atoms with van der Waals surface area (Å²) in [7, 11) is 1.48. The molecule has 0 radical (unpaired) electrons. The number of aromatic amines is 1. The number of benzene rings is 2. The monoisotopic (exact) mass is 556 g/mol. The zero-order valence-electron chi connectivity index (χ0n) is 20.5. The molecule has 1 saturated carbocycles. The van der Waals surface area contributed by atoms with Crippen LogP contribution in [0, 0.1) is 21.4 Å². The predicted octanol–water partition coefficient (Wildman–Crippen LogP) is 5.73. The van der Waals surface area contributed by atoms with E-state index in [0.29, 0.717) is 11.5 Å². The van der Waals surface area contributed by atoms with Crippen LogP contribution in [0.4, 0.5) is 11.6 Å². The van der Waals surface area contributed by atoms with Crippen molar-refractivity contribution in [3.8, 4) is 5.75 Å². The number of aromatic nitrogens is 2. The first-order valence-corrected chi connectivity index (χ1v) is 12.9. The summed E-state index contributed by atoms with van der Waals surface area (Å²) in [6.07, 6.45) is 4.49. The second-order valence-electron chi connectivity index (χ2n) is 10.4. The largest absolute Gasteiger partial charge is 0.508 e. The maximum atomic E-state index is 12.8. The number of non-ortho nitro benzene ring substituents is 1. The summed E-state index contributed by atoms with van der Waals surface area (Å²) in [6, 6.07) is 6.10. The molecular formula is C26H29BrN4O5. The average molecular weight is 557 g/mol. The first-order chi connectivity index (χ1) is 17.1. The number of nitro benzene ring substituents is 1. The number of nitrogens with zero attached hydrogens (tertiary/aromatic N) is 2. The van der Waals surface area contributed by atoms with Gasteiger partial charge in [0.05, 0.1) is 23.0 Å². The lowest BCUT2D eigenvalue weighted by Gasteiger charge is -2.54. The molecule has 0 bridgehead atoms. The number of phenols is 1. The fourth-order valence-electron chi connectivity index (χ4n) is 6.64. The molecule has 36 heavy (non-hydrogen) atoms. The third kappa shape index (κ3) is 3.73. The van der Waals surface area contributed by atoms with Gasteiger partial charge in [-0.25, -0.2) is 4.98 Å². The van der Waals surface area contributed by atoms with Gasteiger partial charge in [-0.1, -0.05) is 13.3 Å². The lowest BCUT2D eigenvalue weighted by Crippen LogP contribution is -2.52. The molecule has 1 heterocycles. The molecular weight excluding hydrogens is 528 g/mol. The Morgan fingerprint density at radius 1 is 1.36 bits per heavy atom. The normalized spacial score (nSPS) is 25.2. The number of rotatable bonds is 5. The molecule has 0 unspecified atom stereocenters. The summed E-state index contributed by atoms with van der Waals surface area (Å²) in [6.45, 7) is 4.50. The highest BCUT2D eigenvalue weighted by Gasteiger charge is 2.56. The first kappa shape index (κ1) is 24.5. The summed E-state index contributed by atoms with van der Waals surface area (Å²) in [5.74, 6) is 0.549. The number of hydrogen-bond acceptors (Lipinski definition) is 7. The molecule has 2 aliphatic carbocycles. The smallest absolute Gasteiger partial charge is 0.311 e. The number of nitro groups is 1. The lowest BCUT2D eigenvalue weighted by atomic mass is 9.50. The number of phenolic OH excluding ortho intramolecular Hbond substituents is 1. The number of anilines is 1. The van der Waals surface area contributed by atoms with Crippen molar-refractivity contribution >= 4 is 44.6 Å². The van der Waals surface area contributed by atoms with Gasteiger partial charge in [0, 0.05) is 28.7 Å². The Labute approximate surface area is 216 Å². The van der Waals surface area contributed by atoms with Crippen molar-refractivity contribution in [3.63, 3.8) is 0 Å². The van der Waals surface area contributed by atoms with Crippen molar-refractivity contribution in [1.29, 1.82) is 0 Å². The molecule has 190 valence electrons. The van der Waals surface area contributed by atoms with Gasteiger partial charge in [0.15, 0.2) is 0 Å². The fourth-order valence-corrected chi connectivity index (χ4v) is 7.16. The third-order valence-electron chi connectivity index (χ3n) is 8.43. The zero-order valence-corrected chi connectivity index (χ0v) is 22.1. The van der Waals surface area contributed by atoms with Crippen LogP contribution < -0.4 is 5.32 Å². The summed E-state index contributed by atoms with van der Waals surface area (Å²) in [5.41, 5.74) is 3.83. The number of carbonyl (C=O) groups excluding carboxylic acids is 1. The molecule has 0 saturated heterocycles. The summed E-state index contributed by atoms with van der Waals surface area (Å²) in [4.78, 5) is 31.6. The molecule has 1 aromatic heterocycles.